The van der Waals surface area contributed by atoms with Gasteiger partial charge in [0.2, 0.25) is 0 Å². The topological polar surface area (TPSA) is 24.5 Å². The number of ether oxygens (including phenoxy) is 1. The Morgan fingerprint density at radius 1 is 1.32 bits per heavy atom. The maximum Gasteiger partial charge on any atom is 0.128 e. The van der Waals surface area contributed by atoms with E-state index in [9.17, 15) is 4.39 Å². The van der Waals surface area contributed by atoms with E-state index in [1.54, 1.807) is 0 Å². The van der Waals surface area contributed by atoms with Crippen molar-refractivity contribution in [2.75, 3.05) is 39.4 Å². The van der Waals surface area contributed by atoms with Gasteiger partial charge in [-0.15, -0.1) is 0 Å². The molecule has 0 saturated carbocycles. The molecular weight excluding hydrogens is 311 g/mol. The van der Waals surface area contributed by atoms with Crippen LogP contribution in [-0.2, 0) is 11.3 Å². The molecule has 0 amide bonds. The minimum absolute atomic E-state index is 0.157. The highest BCUT2D eigenvalue weighted by Crippen LogP contribution is 2.14. The molecular formula is C14H20BrFN2O. The fourth-order valence-corrected chi connectivity index (χ4v) is 2.47. The smallest absolute Gasteiger partial charge is 0.128 e. The number of nitrogens with one attached hydrogen (secondary N) is 1. The molecule has 1 aromatic carbocycles. The quantitative estimate of drug-likeness (QED) is 0.810. The van der Waals surface area contributed by atoms with Crippen LogP contribution in [0.4, 0.5) is 4.39 Å². The van der Waals surface area contributed by atoms with E-state index in [4.69, 9.17) is 4.74 Å². The van der Waals surface area contributed by atoms with E-state index in [2.05, 4.69) is 26.1 Å². The summed E-state index contributed by atoms with van der Waals surface area (Å²) in [7, 11) is 0. The first kappa shape index (κ1) is 14.9. The van der Waals surface area contributed by atoms with Crippen LogP contribution >= 0.6 is 15.9 Å². The van der Waals surface area contributed by atoms with E-state index < -0.39 is 0 Å². The first-order chi connectivity index (χ1) is 9.25. The van der Waals surface area contributed by atoms with Crippen molar-refractivity contribution in [2.24, 2.45) is 0 Å². The monoisotopic (exact) mass is 330 g/mol. The van der Waals surface area contributed by atoms with Crippen molar-refractivity contribution in [3.63, 3.8) is 0 Å². The van der Waals surface area contributed by atoms with E-state index in [1.807, 2.05) is 12.1 Å². The van der Waals surface area contributed by atoms with Crippen molar-refractivity contribution in [1.82, 2.24) is 10.2 Å². The van der Waals surface area contributed by atoms with Gasteiger partial charge in [-0.25, -0.2) is 4.39 Å². The van der Waals surface area contributed by atoms with Gasteiger partial charge in [-0.1, -0.05) is 22.0 Å². The molecule has 106 valence electrons. The molecule has 1 fully saturated rings. The lowest BCUT2D eigenvalue weighted by molar-refractivity contribution is 0.0374. The zero-order valence-electron chi connectivity index (χ0n) is 11.0. The number of hydrogen-bond donors (Lipinski definition) is 1. The fraction of sp³-hybridized carbons (Fsp3) is 0.571. The summed E-state index contributed by atoms with van der Waals surface area (Å²) in [5.41, 5.74) is 0.717. The zero-order chi connectivity index (χ0) is 13.5. The predicted octanol–water partition coefficient (Wildman–Crippen LogP) is 2.40. The van der Waals surface area contributed by atoms with E-state index in [0.717, 1.165) is 55.8 Å². The molecule has 5 heteroatoms. The standard InChI is InChI=1S/C14H20BrFN2O/c15-13-3-2-12(14(16)10-13)11-17-4-1-5-18-6-8-19-9-7-18/h2-3,10,17H,1,4-9,11H2. The lowest BCUT2D eigenvalue weighted by Gasteiger charge is -2.26. The Bertz CT molecular complexity index is 397. The second kappa shape index (κ2) is 7.94. The number of benzene rings is 1. The van der Waals surface area contributed by atoms with Gasteiger partial charge in [0.05, 0.1) is 13.2 Å². The Hall–Kier alpha value is -0.490. The molecule has 0 radical (unpaired) electrons. The van der Waals surface area contributed by atoms with Gasteiger partial charge >= 0.3 is 0 Å². The normalized spacial score (nSPS) is 16.7. The SMILES string of the molecule is Fc1cc(Br)ccc1CNCCCN1CCOCC1. The Balaban J connectivity index is 1.61. The van der Waals surface area contributed by atoms with Crippen LogP contribution in [0.1, 0.15) is 12.0 Å². The molecule has 0 spiro atoms. The molecule has 0 atom stereocenters. The summed E-state index contributed by atoms with van der Waals surface area (Å²) in [6.07, 6.45) is 1.08. The van der Waals surface area contributed by atoms with Crippen LogP contribution in [0.3, 0.4) is 0 Å². The van der Waals surface area contributed by atoms with Gasteiger partial charge in [0.1, 0.15) is 5.82 Å². The summed E-state index contributed by atoms with van der Waals surface area (Å²) in [4.78, 5) is 2.41. The minimum Gasteiger partial charge on any atom is -0.379 e. The summed E-state index contributed by atoms with van der Waals surface area (Å²) in [6, 6.07) is 5.19. The average Bonchev–Trinajstić information content (AvgIpc) is 2.42. The second-order valence-electron chi connectivity index (χ2n) is 4.72. The van der Waals surface area contributed by atoms with Crippen LogP contribution in [0.15, 0.2) is 22.7 Å². The van der Waals surface area contributed by atoms with Gasteiger partial charge in [-0.2, -0.15) is 0 Å². The third-order valence-electron chi connectivity index (χ3n) is 3.26. The maximum absolute atomic E-state index is 13.6. The van der Waals surface area contributed by atoms with Gasteiger partial charge in [0.15, 0.2) is 0 Å². The largest absolute Gasteiger partial charge is 0.379 e. The maximum atomic E-state index is 13.6. The Kier molecular flexibility index (Phi) is 6.23. The molecule has 19 heavy (non-hydrogen) atoms. The van der Waals surface area contributed by atoms with Crippen LogP contribution in [0.5, 0.6) is 0 Å². The van der Waals surface area contributed by atoms with Crippen molar-refractivity contribution in [3.05, 3.63) is 34.1 Å². The lowest BCUT2D eigenvalue weighted by Crippen LogP contribution is -2.37. The molecule has 1 heterocycles. The molecule has 0 aromatic heterocycles. The Morgan fingerprint density at radius 3 is 2.84 bits per heavy atom. The fourth-order valence-electron chi connectivity index (χ4n) is 2.14. The third kappa shape index (κ3) is 5.18. The number of hydrogen-bond acceptors (Lipinski definition) is 3. The van der Waals surface area contributed by atoms with Gasteiger partial charge < -0.3 is 10.1 Å². The molecule has 1 aliphatic rings. The molecule has 0 unspecified atom stereocenters. The molecule has 1 N–H and O–H groups in total. The highest BCUT2D eigenvalue weighted by Gasteiger charge is 2.09. The number of rotatable bonds is 6. The minimum atomic E-state index is -0.157. The molecule has 0 aliphatic carbocycles. The van der Waals surface area contributed by atoms with Gasteiger partial charge in [0, 0.05) is 29.7 Å². The van der Waals surface area contributed by atoms with E-state index in [0.29, 0.717) is 6.54 Å². The van der Waals surface area contributed by atoms with Gasteiger partial charge in [0.25, 0.3) is 0 Å². The summed E-state index contributed by atoms with van der Waals surface area (Å²) < 4.78 is 19.6. The zero-order valence-corrected chi connectivity index (χ0v) is 12.6. The van der Waals surface area contributed by atoms with Crippen molar-refractivity contribution in [1.29, 1.82) is 0 Å². The predicted molar refractivity (Wildman–Crippen MR) is 77.7 cm³/mol. The highest BCUT2D eigenvalue weighted by molar-refractivity contribution is 9.10. The van der Waals surface area contributed by atoms with Crippen molar-refractivity contribution < 1.29 is 9.13 Å². The second-order valence-corrected chi connectivity index (χ2v) is 5.64. The Morgan fingerprint density at radius 2 is 2.11 bits per heavy atom. The lowest BCUT2D eigenvalue weighted by atomic mass is 10.2. The van der Waals surface area contributed by atoms with Crippen LogP contribution in [0, 0.1) is 5.82 Å². The summed E-state index contributed by atoms with van der Waals surface area (Å²) in [5.74, 6) is -0.157. The van der Waals surface area contributed by atoms with E-state index >= 15 is 0 Å². The molecule has 1 aliphatic heterocycles. The van der Waals surface area contributed by atoms with E-state index in [1.165, 1.54) is 6.07 Å². The Labute approximate surface area is 122 Å². The first-order valence-electron chi connectivity index (χ1n) is 6.70. The van der Waals surface area contributed by atoms with Gasteiger partial charge in [-0.3, -0.25) is 4.90 Å². The molecule has 3 nitrogen and oxygen atoms in total. The summed E-state index contributed by atoms with van der Waals surface area (Å²) >= 11 is 3.26. The number of nitrogens with zero attached hydrogens (tertiary/aromatic N) is 1. The number of morpholine rings is 1. The molecule has 0 bridgehead atoms. The molecule has 1 saturated heterocycles. The average molecular weight is 331 g/mol. The van der Waals surface area contributed by atoms with Crippen LogP contribution in [0.2, 0.25) is 0 Å². The number of halogens is 2. The highest BCUT2D eigenvalue weighted by atomic mass is 79.9. The summed E-state index contributed by atoms with van der Waals surface area (Å²) in [5, 5.41) is 3.29. The molecule has 1 aromatic rings. The third-order valence-corrected chi connectivity index (χ3v) is 3.76. The van der Waals surface area contributed by atoms with Gasteiger partial charge in [-0.05, 0) is 31.6 Å². The van der Waals surface area contributed by atoms with Crippen molar-refractivity contribution >= 4 is 15.9 Å². The van der Waals surface area contributed by atoms with Crippen LogP contribution in [-0.4, -0.2) is 44.3 Å². The van der Waals surface area contributed by atoms with Crippen molar-refractivity contribution in [3.8, 4) is 0 Å². The van der Waals surface area contributed by atoms with Crippen LogP contribution < -0.4 is 5.32 Å². The first-order valence-corrected chi connectivity index (χ1v) is 7.50. The summed E-state index contributed by atoms with van der Waals surface area (Å²) in [6.45, 7) is 6.33. The molecule has 2 rings (SSSR count). The van der Waals surface area contributed by atoms with E-state index in [-0.39, 0.29) is 5.82 Å². The van der Waals surface area contributed by atoms with Crippen molar-refractivity contribution in [2.45, 2.75) is 13.0 Å². The van der Waals surface area contributed by atoms with Crippen LogP contribution in [0.25, 0.3) is 0 Å².